The summed E-state index contributed by atoms with van der Waals surface area (Å²) in [5.74, 6) is -0.0592. The van der Waals surface area contributed by atoms with Crippen LogP contribution in [0.1, 0.15) is 13.3 Å². The summed E-state index contributed by atoms with van der Waals surface area (Å²) in [5.41, 5.74) is 0.746. The molecule has 1 aromatic rings. The van der Waals surface area contributed by atoms with Gasteiger partial charge in [-0.25, -0.2) is 0 Å². The lowest BCUT2D eigenvalue weighted by Crippen LogP contribution is -2.26. The molecule has 1 unspecified atom stereocenters. The molecule has 5 nitrogen and oxygen atoms in total. The highest BCUT2D eigenvalue weighted by atomic mass is 16.5. The van der Waals surface area contributed by atoms with Crippen LogP contribution in [-0.2, 0) is 14.3 Å². The van der Waals surface area contributed by atoms with Crippen LogP contribution in [0.4, 0.5) is 5.69 Å². The Balaban J connectivity index is 2.13. The van der Waals surface area contributed by atoms with Crippen LogP contribution in [0.5, 0.6) is 5.75 Å². The zero-order valence-corrected chi connectivity index (χ0v) is 11.1. The molecule has 1 aliphatic heterocycles. The minimum absolute atomic E-state index is 0.0636. The first kappa shape index (κ1) is 13.4. The fraction of sp³-hybridized carbons (Fsp3) is 0.429. The van der Waals surface area contributed by atoms with Crippen molar-refractivity contribution in [2.24, 2.45) is 5.92 Å². The molecule has 0 N–H and O–H groups in total. The van der Waals surface area contributed by atoms with Crippen LogP contribution in [0, 0.1) is 5.92 Å². The number of nitrogens with zero attached hydrogens (tertiary/aromatic N) is 1. The summed E-state index contributed by atoms with van der Waals surface area (Å²) in [7, 11) is 1.58. The van der Waals surface area contributed by atoms with Gasteiger partial charge >= 0.3 is 5.97 Å². The van der Waals surface area contributed by atoms with E-state index in [0.29, 0.717) is 18.9 Å². The van der Waals surface area contributed by atoms with Crippen LogP contribution in [-0.4, -0.2) is 32.1 Å². The van der Waals surface area contributed by atoms with Crippen molar-refractivity contribution in [1.29, 1.82) is 0 Å². The van der Waals surface area contributed by atoms with Crippen LogP contribution in [0.3, 0.4) is 0 Å². The van der Waals surface area contributed by atoms with E-state index in [0.717, 1.165) is 5.69 Å². The maximum atomic E-state index is 12.0. The number of hydrogen-bond donors (Lipinski definition) is 0. The first-order valence-corrected chi connectivity index (χ1v) is 6.26. The lowest BCUT2D eigenvalue weighted by atomic mass is 10.1. The van der Waals surface area contributed by atoms with E-state index in [9.17, 15) is 9.59 Å². The quantitative estimate of drug-likeness (QED) is 0.774. The minimum Gasteiger partial charge on any atom is -0.497 e. The molecule has 0 aromatic heterocycles. The molecule has 0 spiro atoms. The summed E-state index contributed by atoms with van der Waals surface area (Å²) in [6.45, 7) is 2.46. The summed E-state index contributed by atoms with van der Waals surface area (Å²) in [6.07, 6.45) is 0.204. The molecule has 5 heteroatoms. The Morgan fingerprint density at radius 2 is 2.26 bits per heavy atom. The molecule has 1 saturated heterocycles. The minimum atomic E-state index is -0.376. The van der Waals surface area contributed by atoms with Gasteiger partial charge in [0.05, 0.1) is 19.6 Å². The number of ether oxygens (including phenoxy) is 2. The Bertz CT molecular complexity index is 486. The zero-order valence-electron chi connectivity index (χ0n) is 11.1. The van der Waals surface area contributed by atoms with E-state index < -0.39 is 0 Å². The van der Waals surface area contributed by atoms with Gasteiger partial charge in [-0.05, 0) is 19.1 Å². The largest absolute Gasteiger partial charge is 0.497 e. The molecule has 0 radical (unpaired) electrons. The van der Waals surface area contributed by atoms with Gasteiger partial charge in [-0.3, -0.25) is 9.59 Å². The van der Waals surface area contributed by atoms with Crippen LogP contribution < -0.4 is 9.64 Å². The Labute approximate surface area is 112 Å². The smallest absolute Gasteiger partial charge is 0.311 e. The molecule has 2 rings (SSSR count). The number of anilines is 1. The van der Waals surface area contributed by atoms with E-state index in [1.165, 1.54) is 0 Å². The molecule has 0 bridgehead atoms. The standard InChI is InChI=1S/C14H17NO4/c1-3-19-14(17)10-7-13(16)15(9-10)11-5-4-6-12(8-11)18-2/h4-6,8,10H,3,7,9H2,1-2H3. The molecule has 1 atom stereocenters. The lowest BCUT2D eigenvalue weighted by molar-refractivity contribution is -0.147. The monoisotopic (exact) mass is 263 g/mol. The fourth-order valence-electron chi connectivity index (χ4n) is 2.15. The highest BCUT2D eigenvalue weighted by Gasteiger charge is 2.36. The van der Waals surface area contributed by atoms with E-state index in [1.807, 2.05) is 18.2 Å². The molecule has 1 aromatic carbocycles. The highest BCUT2D eigenvalue weighted by molar-refractivity contribution is 5.99. The van der Waals surface area contributed by atoms with Gasteiger partial charge in [0.2, 0.25) is 5.91 Å². The molecule has 1 amide bonds. The molecule has 0 saturated carbocycles. The van der Waals surface area contributed by atoms with Crippen molar-refractivity contribution < 1.29 is 19.1 Å². The van der Waals surface area contributed by atoms with Crippen LogP contribution in [0.15, 0.2) is 24.3 Å². The van der Waals surface area contributed by atoms with Gasteiger partial charge in [-0.2, -0.15) is 0 Å². The third-order valence-electron chi connectivity index (χ3n) is 3.11. The predicted molar refractivity (Wildman–Crippen MR) is 70.1 cm³/mol. The van der Waals surface area contributed by atoms with Crippen molar-refractivity contribution in [3.63, 3.8) is 0 Å². The first-order valence-electron chi connectivity index (χ1n) is 6.26. The van der Waals surface area contributed by atoms with Gasteiger partial charge in [0.1, 0.15) is 5.75 Å². The third kappa shape index (κ3) is 2.86. The lowest BCUT2D eigenvalue weighted by Gasteiger charge is -2.17. The number of benzene rings is 1. The van der Waals surface area contributed by atoms with Gasteiger partial charge in [0.25, 0.3) is 0 Å². The molecular formula is C14H17NO4. The number of amides is 1. The van der Waals surface area contributed by atoms with Crippen LogP contribution in [0.2, 0.25) is 0 Å². The van der Waals surface area contributed by atoms with Gasteiger partial charge in [-0.1, -0.05) is 6.07 Å². The third-order valence-corrected chi connectivity index (χ3v) is 3.11. The summed E-state index contributed by atoms with van der Waals surface area (Å²) in [6, 6.07) is 7.24. The zero-order chi connectivity index (χ0) is 13.8. The van der Waals surface area contributed by atoms with E-state index in [-0.39, 0.29) is 24.2 Å². The van der Waals surface area contributed by atoms with Crippen LogP contribution in [0.25, 0.3) is 0 Å². The normalized spacial score (nSPS) is 18.5. The Morgan fingerprint density at radius 3 is 2.95 bits per heavy atom. The van der Waals surface area contributed by atoms with Crippen molar-refractivity contribution >= 4 is 17.6 Å². The fourth-order valence-corrected chi connectivity index (χ4v) is 2.15. The summed E-state index contributed by atoms with van der Waals surface area (Å²) in [4.78, 5) is 25.2. The molecule has 1 heterocycles. The summed E-state index contributed by atoms with van der Waals surface area (Å²) >= 11 is 0. The molecule has 0 aliphatic carbocycles. The van der Waals surface area contributed by atoms with Crippen molar-refractivity contribution in [3.8, 4) is 5.75 Å². The van der Waals surface area contributed by atoms with Crippen molar-refractivity contribution in [2.45, 2.75) is 13.3 Å². The SMILES string of the molecule is CCOC(=O)C1CC(=O)N(c2cccc(OC)c2)C1. The molecule has 19 heavy (non-hydrogen) atoms. The van der Waals surface area contributed by atoms with Gasteiger partial charge < -0.3 is 14.4 Å². The average molecular weight is 263 g/mol. The Morgan fingerprint density at radius 1 is 1.47 bits per heavy atom. The second kappa shape index (κ2) is 5.73. The van der Waals surface area contributed by atoms with Gasteiger partial charge in [0, 0.05) is 24.7 Å². The van der Waals surface area contributed by atoms with E-state index >= 15 is 0 Å². The number of esters is 1. The number of carbonyl (C=O) groups is 2. The van der Waals surface area contributed by atoms with Crippen molar-refractivity contribution in [2.75, 3.05) is 25.2 Å². The maximum absolute atomic E-state index is 12.0. The molecule has 1 aliphatic rings. The van der Waals surface area contributed by atoms with Crippen molar-refractivity contribution in [3.05, 3.63) is 24.3 Å². The Kier molecular flexibility index (Phi) is 4.04. The first-order chi connectivity index (χ1) is 9.15. The Hall–Kier alpha value is -2.04. The van der Waals surface area contributed by atoms with Gasteiger partial charge in [0.15, 0.2) is 0 Å². The van der Waals surface area contributed by atoms with Crippen molar-refractivity contribution in [1.82, 2.24) is 0 Å². The summed E-state index contributed by atoms with van der Waals surface area (Å²) < 4.78 is 10.1. The van der Waals surface area contributed by atoms with E-state index in [2.05, 4.69) is 0 Å². The highest BCUT2D eigenvalue weighted by Crippen LogP contribution is 2.28. The van der Waals surface area contributed by atoms with E-state index in [4.69, 9.17) is 9.47 Å². The number of rotatable bonds is 4. The molecular weight excluding hydrogens is 246 g/mol. The molecule has 1 fully saturated rings. The van der Waals surface area contributed by atoms with Gasteiger partial charge in [-0.15, -0.1) is 0 Å². The maximum Gasteiger partial charge on any atom is 0.311 e. The second-order valence-corrected chi connectivity index (χ2v) is 4.36. The number of carbonyl (C=O) groups excluding carboxylic acids is 2. The second-order valence-electron chi connectivity index (χ2n) is 4.36. The number of methoxy groups -OCH3 is 1. The van der Waals surface area contributed by atoms with E-state index in [1.54, 1.807) is 25.0 Å². The number of hydrogen-bond acceptors (Lipinski definition) is 4. The predicted octanol–water partition coefficient (Wildman–Crippen LogP) is 1.61. The average Bonchev–Trinajstić information content (AvgIpc) is 2.81. The molecule has 102 valence electrons. The topological polar surface area (TPSA) is 55.8 Å². The van der Waals surface area contributed by atoms with Crippen LogP contribution >= 0.6 is 0 Å². The summed E-state index contributed by atoms with van der Waals surface area (Å²) in [5, 5.41) is 0.